The Labute approximate surface area is 198 Å². The number of rotatable bonds is 7. The molecule has 0 spiro atoms. The lowest BCUT2D eigenvalue weighted by atomic mass is 9.66. The summed E-state index contributed by atoms with van der Waals surface area (Å²) in [6, 6.07) is 13.5. The maximum atomic E-state index is 14.6. The van der Waals surface area contributed by atoms with E-state index in [0.29, 0.717) is 40.3 Å². The highest BCUT2D eigenvalue weighted by Crippen LogP contribution is 2.47. The number of aromatic amines is 1. The molecule has 1 aliphatic rings. The Morgan fingerprint density at radius 2 is 1.94 bits per heavy atom. The van der Waals surface area contributed by atoms with Crippen molar-refractivity contribution in [3.05, 3.63) is 53.8 Å². The molecule has 1 atom stereocenters. The Hall–Kier alpha value is -3.19. The van der Waals surface area contributed by atoms with Gasteiger partial charge in [0.1, 0.15) is 18.0 Å². The smallest absolute Gasteiger partial charge is 0.188 e. The predicted molar refractivity (Wildman–Crippen MR) is 129 cm³/mol. The molecule has 5 rings (SSSR count). The number of benzene rings is 2. The van der Waals surface area contributed by atoms with Crippen molar-refractivity contribution in [3.8, 4) is 28.5 Å². The maximum absolute atomic E-state index is 14.6. The van der Waals surface area contributed by atoms with E-state index in [2.05, 4.69) is 53.5 Å². The van der Waals surface area contributed by atoms with Gasteiger partial charge in [0.25, 0.3) is 0 Å². The molecule has 2 aromatic heterocycles. The van der Waals surface area contributed by atoms with Crippen molar-refractivity contribution in [1.29, 1.82) is 0 Å². The van der Waals surface area contributed by atoms with Gasteiger partial charge in [0.05, 0.1) is 12.1 Å². The van der Waals surface area contributed by atoms with Crippen molar-refractivity contribution in [2.45, 2.75) is 45.4 Å². The fourth-order valence-electron chi connectivity index (χ4n) is 5.07. The van der Waals surface area contributed by atoms with Gasteiger partial charge in [0.15, 0.2) is 17.3 Å². The van der Waals surface area contributed by atoms with E-state index >= 15 is 0 Å². The summed E-state index contributed by atoms with van der Waals surface area (Å²) >= 11 is 0. The van der Waals surface area contributed by atoms with E-state index in [4.69, 9.17) is 14.0 Å². The summed E-state index contributed by atoms with van der Waals surface area (Å²) in [7, 11) is 1.57. The zero-order valence-corrected chi connectivity index (χ0v) is 19.9. The third-order valence-electron chi connectivity index (χ3n) is 7.02. The van der Waals surface area contributed by atoms with Gasteiger partial charge in [-0.25, -0.2) is 4.39 Å². The SMILES string of the molecule is COCCOc1cc2[nH]nc(-c3cc(-c4ccc(C5CCCCC5(C)C)cc4)no3)c2cc1F. The molecular formula is C27H30FN3O3. The zero-order chi connectivity index (χ0) is 23.7. The summed E-state index contributed by atoms with van der Waals surface area (Å²) in [5.41, 5.74) is 4.58. The molecule has 1 saturated carbocycles. The standard InChI is InChI=1S/C27H30FN3O3/c1-27(2)11-5-4-6-20(27)17-7-9-18(10-8-17)22-15-25(34-31-22)26-19-14-21(28)24(33-13-12-32-3)16-23(19)29-30-26/h7-10,14-16,20H,4-6,11-13H2,1-3H3,(H,29,30). The Morgan fingerprint density at radius 3 is 2.71 bits per heavy atom. The molecule has 7 heteroatoms. The van der Waals surface area contributed by atoms with Gasteiger partial charge in [-0.2, -0.15) is 5.10 Å². The number of fused-ring (bicyclic) bond motifs is 1. The number of halogens is 1. The number of hydrogen-bond acceptors (Lipinski definition) is 5. The molecule has 1 fully saturated rings. The van der Waals surface area contributed by atoms with E-state index in [-0.39, 0.29) is 12.4 Å². The normalized spacial score (nSPS) is 17.8. The number of aromatic nitrogens is 3. The topological polar surface area (TPSA) is 73.2 Å². The molecule has 0 radical (unpaired) electrons. The first-order chi connectivity index (χ1) is 16.5. The lowest BCUT2D eigenvalue weighted by Crippen LogP contribution is -2.25. The highest BCUT2D eigenvalue weighted by molar-refractivity contribution is 5.92. The van der Waals surface area contributed by atoms with Gasteiger partial charge in [-0.15, -0.1) is 0 Å². The third-order valence-corrected chi connectivity index (χ3v) is 7.02. The van der Waals surface area contributed by atoms with Gasteiger partial charge < -0.3 is 14.0 Å². The molecule has 34 heavy (non-hydrogen) atoms. The Bertz CT molecular complexity index is 1280. The van der Waals surface area contributed by atoms with Crippen LogP contribution in [0.25, 0.3) is 33.6 Å². The van der Waals surface area contributed by atoms with Gasteiger partial charge in [-0.3, -0.25) is 5.10 Å². The number of nitrogens with zero attached hydrogens (tertiary/aromatic N) is 2. The minimum atomic E-state index is -0.466. The minimum Gasteiger partial charge on any atom is -0.488 e. The van der Waals surface area contributed by atoms with Crippen LogP contribution < -0.4 is 4.74 Å². The van der Waals surface area contributed by atoms with Crippen molar-refractivity contribution in [3.63, 3.8) is 0 Å². The highest BCUT2D eigenvalue weighted by Gasteiger charge is 2.33. The van der Waals surface area contributed by atoms with Gasteiger partial charge in [-0.1, -0.05) is 56.1 Å². The fourth-order valence-corrected chi connectivity index (χ4v) is 5.07. The van der Waals surface area contributed by atoms with Crippen molar-refractivity contribution < 1.29 is 18.4 Å². The molecule has 2 heterocycles. The lowest BCUT2D eigenvalue weighted by molar-refractivity contribution is 0.144. The molecule has 0 amide bonds. The van der Waals surface area contributed by atoms with Crippen LogP contribution in [0, 0.1) is 11.2 Å². The zero-order valence-electron chi connectivity index (χ0n) is 19.9. The van der Waals surface area contributed by atoms with Crippen LogP contribution in [0.4, 0.5) is 4.39 Å². The summed E-state index contributed by atoms with van der Waals surface area (Å²) in [5, 5.41) is 12.1. The second-order valence-electron chi connectivity index (χ2n) is 9.73. The van der Waals surface area contributed by atoms with Crippen LogP contribution in [0.2, 0.25) is 0 Å². The van der Waals surface area contributed by atoms with Crippen LogP contribution in [0.15, 0.2) is 47.0 Å². The summed E-state index contributed by atoms with van der Waals surface area (Å²) in [6.45, 7) is 5.40. The van der Waals surface area contributed by atoms with Gasteiger partial charge in [0, 0.05) is 30.2 Å². The summed E-state index contributed by atoms with van der Waals surface area (Å²) < 4.78 is 30.6. The number of ether oxygens (including phenoxy) is 2. The molecule has 2 aromatic carbocycles. The fraction of sp³-hybridized carbons (Fsp3) is 0.407. The van der Waals surface area contributed by atoms with E-state index < -0.39 is 5.82 Å². The van der Waals surface area contributed by atoms with E-state index in [1.54, 1.807) is 13.2 Å². The minimum absolute atomic E-state index is 0.152. The molecule has 1 N–H and O–H groups in total. The summed E-state index contributed by atoms with van der Waals surface area (Å²) in [5.74, 6) is 0.745. The first kappa shape index (κ1) is 22.6. The average molecular weight is 464 g/mol. The van der Waals surface area contributed by atoms with Crippen molar-refractivity contribution in [2.75, 3.05) is 20.3 Å². The quantitative estimate of drug-likeness (QED) is 0.308. The van der Waals surface area contributed by atoms with Crippen molar-refractivity contribution >= 4 is 10.9 Å². The van der Waals surface area contributed by atoms with E-state index in [1.807, 2.05) is 6.07 Å². The van der Waals surface area contributed by atoms with Crippen LogP contribution >= 0.6 is 0 Å². The lowest BCUT2D eigenvalue weighted by Gasteiger charge is -2.39. The van der Waals surface area contributed by atoms with E-state index in [0.717, 1.165) is 11.3 Å². The van der Waals surface area contributed by atoms with Crippen LogP contribution in [-0.4, -0.2) is 35.7 Å². The summed E-state index contributed by atoms with van der Waals surface area (Å²) in [4.78, 5) is 0. The molecule has 0 saturated heterocycles. The van der Waals surface area contributed by atoms with Gasteiger partial charge in [0.2, 0.25) is 0 Å². The molecule has 178 valence electrons. The second kappa shape index (κ2) is 9.22. The molecule has 0 aliphatic heterocycles. The Morgan fingerprint density at radius 1 is 1.12 bits per heavy atom. The maximum Gasteiger partial charge on any atom is 0.188 e. The number of H-pyrrole nitrogens is 1. The van der Waals surface area contributed by atoms with Crippen LogP contribution in [0.1, 0.15) is 51.0 Å². The Kier molecular flexibility index (Phi) is 6.13. The molecule has 1 aliphatic carbocycles. The van der Waals surface area contributed by atoms with E-state index in [9.17, 15) is 4.39 Å². The third kappa shape index (κ3) is 4.32. The van der Waals surface area contributed by atoms with Crippen LogP contribution in [0.3, 0.4) is 0 Å². The predicted octanol–water partition coefficient (Wildman–Crippen LogP) is 6.73. The number of methoxy groups -OCH3 is 1. The number of nitrogens with one attached hydrogen (secondary N) is 1. The molecule has 0 bridgehead atoms. The Balaban J connectivity index is 1.38. The van der Waals surface area contributed by atoms with Crippen LogP contribution in [-0.2, 0) is 4.74 Å². The van der Waals surface area contributed by atoms with Gasteiger partial charge in [-0.05, 0) is 35.8 Å². The average Bonchev–Trinajstić information content (AvgIpc) is 3.46. The largest absolute Gasteiger partial charge is 0.488 e. The van der Waals surface area contributed by atoms with E-state index in [1.165, 1.54) is 37.3 Å². The molecular weight excluding hydrogens is 433 g/mol. The first-order valence-corrected chi connectivity index (χ1v) is 11.8. The summed E-state index contributed by atoms with van der Waals surface area (Å²) in [6.07, 6.45) is 5.12. The van der Waals surface area contributed by atoms with Crippen molar-refractivity contribution in [2.24, 2.45) is 5.41 Å². The molecule has 4 aromatic rings. The number of hydrogen-bond donors (Lipinski definition) is 1. The van der Waals surface area contributed by atoms with Crippen molar-refractivity contribution in [1.82, 2.24) is 15.4 Å². The second-order valence-corrected chi connectivity index (χ2v) is 9.73. The van der Waals surface area contributed by atoms with Crippen LogP contribution in [0.5, 0.6) is 5.75 Å². The first-order valence-electron chi connectivity index (χ1n) is 11.8. The molecule has 1 unspecified atom stereocenters. The molecule has 6 nitrogen and oxygen atoms in total. The monoisotopic (exact) mass is 463 g/mol. The van der Waals surface area contributed by atoms with Gasteiger partial charge >= 0.3 is 0 Å². The highest BCUT2D eigenvalue weighted by atomic mass is 19.1.